The molecule has 1 atom stereocenters. The molecular weight excluding hydrogens is 316 g/mol. The molecule has 1 N–H and O–H groups in total. The zero-order valence-corrected chi connectivity index (χ0v) is 12.1. The van der Waals surface area contributed by atoms with Crippen molar-refractivity contribution in [3.8, 4) is 5.75 Å². The molecule has 2 aromatic rings. The van der Waals surface area contributed by atoms with Gasteiger partial charge in [0.15, 0.2) is 0 Å². The maximum atomic E-state index is 10.4. The van der Waals surface area contributed by atoms with Crippen LogP contribution in [0.2, 0.25) is 5.02 Å². The van der Waals surface area contributed by atoms with Gasteiger partial charge in [-0.2, -0.15) is 0 Å². The van der Waals surface area contributed by atoms with Crippen LogP contribution < -0.4 is 4.74 Å². The van der Waals surface area contributed by atoms with Crippen LogP contribution in [0.3, 0.4) is 0 Å². The summed E-state index contributed by atoms with van der Waals surface area (Å²) in [4.78, 5) is 0. The summed E-state index contributed by atoms with van der Waals surface area (Å²) in [5.74, 6) is 0.614. The van der Waals surface area contributed by atoms with Crippen LogP contribution in [-0.2, 0) is 0 Å². The molecule has 0 saturated heterocycles. The lowest BCUT2D eigenvalue weighted by Gasteiger charge is -2.16. The molecular formula is C14H12BrClO2. The van der Waals surface area contributed by atoms with Crippen molar-refractivity contribution in [2.24, 2.45) is 0 Å². The largest absolute Gasteiger partial charge is 0.496 e. The fourth-order valence-corrected chi connectivity index (χ4v) is 2.47. The van der Waals surface area contributed by atoms with E-state index in [4.69, 9.17) is 16.3 Å². The number of rotatable bonds is 3. The van der Waals surface area contributed by atoms with E-state index in [9.17, 15) is 5.11 Å². The Labute approximate surface area is 119 Å². The number of ether oxygens (including phenoxy) is 1. The van der Waals surface area contributed by atoms with E-state index in [-0.39, 0.29) is 0 Å². The molecule has 0 fully saturated rings. The molecule has 0 bridgehead atoms. The molecule has 0 aliphatic rings. The Morgan fingerprint density at radius 2 is 1.89 bits per heavy atom. The van der Waals surface area contributed by atoms with Crippen molar-refractivity contribution in [1.29, 1.82) is 0 Å². The number of hydrogen-bond acceptors (Lipinski definition) is 2. The first kappa shape index (κ1) is 13.4. The maximum Gasteiger partial charge on any atom is 0.125 e. The quantitative estimate of drug-likeness (QED) is 0.916. The van der Waals surface area contributed by atoms with Crippen molar-refractivity contribution in [3.05, 3.63) is 63.1 Å². The van der Waals surface area contributed by atoms with Crippen molar-refractivity contribution < 1.29 is 9.84 Å². The molecule has 2 nitrogen and oxygen atoms in total. The summed E-state index contributed by atoms with van der Waals surface area (Å²) in [6, 6.07) is 12.7. The molecule has 0 radical (unpaired) electrons. The van der Waals surface area contributed by atoms with Crippen molar-refractivity contribution >= 4 is 27.5 Å². The molecule has 0 aliphatic heterocycles. The van der Waals surface area contributed by atoms with Gasteiger partial charge in [0.25, 0.3) is 0 Å². The first-order valence-corrected chi connectivity index (χ1v) is 6.56. The molecule has 0 unspecified atom stereocenters. The fourth-order valence-electron chi connectivity index (χ4n) is 1.78. The molecule has 0 amide bonds. The van der Waals surface area contributed by atoms with Crippen LogP contribution in [0, 0.1) is 0 Å². The number of methoxy groups -OCH3 is 1. The minimum absolute atomic E-state index is 0.567. The lowest BCUT2D eigenvalue weighted by Crippen LogP contribution is -2.03. The zero-order chi connectivity index (χ0) is 13.1. The maximum absolute atomic E-state index is 10.4. The minimum Gasteiger partial charge on any atom is -0.496 e. The summed E-state index contributed by atoms with van der Waals surface area (Å²) < 4.78 is 6.10. The lowest BCUT2D eigenvalue weighted by molar-refractivity contribution is 0.214. The number of aliphatic hydroxyl groups is 1. The molecule has 18 heavy (non-hydrogen) atoms. The highest BCUT2D eigenvalue weighted by molar-refractivity contribution is 9.10. The van der Waals surface area contributed by atoms with Crippen LogP contribution in [0.15, 0.2) is 46.9 Å². The summed E-state index contributed by atoms with van der Waals surface area (Å²) in [7, 11) is 1.57. The summed E-state index contributed by atoms with van der Waals surface area (Å²) in [5, 5.41) is 11.0. The van der Waals surface area contributed by atoms with Crippen LogP contribution in [0.1, 0.15) is 17.2 Å². The molecule has 0 aromatic heterocycles. The van der Waals surface area contributed by atoms with E-state index in [1.54, 1.807) is 25.3 Å². The average molecular weight is 328 g/mol. The molecule has 2 aromatic carbocycles. The Bertz CT molecular complexity index is 557. The van der Waals surface area contributed by atoms with E-state index < -0.39 is 6.10 Å². The third-order valence-corrected chi connectivity index (χ3v) is 3.64. The molecule has 0 saturated carbocycles. The van der Waals surface area contributed by atoms with Gasteiger partial charge in [0, 0.05) is 15.1 Å². The number of benzene rings is 2. The summed E-state index contributed by atoms with van der Waals surface area (Å²) in [5.41, 5.74) is 1.43. The predicted octanol–water partition coefficient (Wildman–Crippen LogP) is 4.19. The minimum atomic E-state index is -0.783. The first-order valence-electron chi connectivity index (χ1n) is 5.39. The van der Waals surface area contributed by atoms with E-state index >= 15 is 0 Å². The second kappa shape index (κ2) is 5.74. The highest BCUT2D eigenvalue weighted by Gasteiger charge is 2.17. The van der Waals surface area contributed by atoms with Gasteiger partial charge >= 0.3 is 0 Å². The Balaban J connectivity index is 2.48. The molecule has 2 rings (SSSR count). The predicted molar refractivity (Wildman–Crippen MR) is 76.2 cm³/mol. The smallest absolute Gasteiger partial charge is 0.125 e. The van der Waals surface area contributed by atoms with Crippen LogP contribution in [0.4, 0.5) is 0 Å². The average Bonchev–Trinajstić information content (AvgIpc) is 2.38. The number of hydrogen-bond donors (Lipinski definition) is 1. The Hall–Kier alpha value is -1.03. The van der Waals surface area contributed by atoms with E-state index in [1.807, 2.05) is 24.3 Å². The third-order valence-electron chi connectivity index (χ3n) is 2.69. The SMILES string of the molecule is COc1ccc(Cl)cc1[C@H](O)c1ccccc1Br. The van der Waals surface area contributed by atoms with Gasteiger partial charge in [-0.25, -0.2) is 0 Å². The van der Waals surface area contributed by atoms with E-state index in [2.05, 4.69) is 15.9 Å². The molecule has 0 aliphatic carbocycles. The fraction of sp³-hybridized carbons (Fsp3) is 0.143. The van der Waals surface area contributed by atoms with E-state index in [1.165, 1.54) is 0 Å². The molecule has 0 heterocycles. The van der Waals surface area contributed by atoms with Gasteiger partial charge in [-0.15, -0.1) is 0 Å². The highest BCUT2D eigenvalue weighted by Crippen LogP contribution is 2.34. The van der Waals surface area contributed by atoms with Gasteiger partial charge in [0.2, 0.25) is 0 Å². The van der Waals surface area contributed by atoms with E-state index in [0.717, 1.165) is 10.0 Å². The van der Waals surface area contributed by atoms with Crippen molar-refractivity contribution in [3.63, 3.8) is 0 Å². The second-order valence-corrected chi connectivity index (χ2v) is 5.10. The normalized spacial score (nSPS) is 12.2. The van der Waals surface area contributed by atoms with Crippen molar-refractivity contribution in [2.45, 2.75) is 6.10 Å². The van der Waals surface area contributed by atoms with Gasteiger partial charge in [0.1, 0.15) is 11.9 Å². The van der Waals surface area contributed by atoms with Gasteiger partial charge < -0.3 is 9.84 Å². The molecule has 94 valence electrons. The van der Waals surface area contributed by atoms with E-state index in [0.29, 0.717) is 16.3 Å². The monoisotopic (exact) mass is 326 g/mol. The van der Waals surface area contributed by atoms with Gasteiger partial charge in [-0.1, -0.05) is 45.7 Å². The van der Waals surface area contributed by atoms with Crippen molar-refractivity contribution in [1.82, 2.24) is 0 Å². The third kappa shape index (κ3) is 2.69. The Morgan fingerprint density at radius 3 is 2.56 bits per heavy atom. The van der Waals surface area contributed by atoms with Crippen LogP contribution in [-0.4, -0.2) is 12.2 Å². The summed E-state index contributed by atoms with van der Waals surface area (Å²) in [6.45, 7) is 0. The van der Waals surface area contributed by atoms with Crippen LogP contribution >= 0.6 is 27.5 Å². The zero-order valence-electron chi connectivity index (χ0n) is 9.73. The summed E-state index contributed by atoms with van der Waals surface area (Å²) in [6.07, 6.45) is -0.783. The standard InChI is InChI=1S/C14H12BrClO2/c1-18-13-7-6-9(16)8-11(13)14(17)10-4-2-3-5-12(10)15/h2-8,14,17H,1H3/t14-/m1/s1. The highest BCUT2D eigenvalue weighted by atomic mass is 79.9. The summed E-state index contributed by atoms with van der Waals surface area (Å²) >= 11 is 9.39. The molecule has 4 heteroatoms. The lowest BCUT2D eigenvalue weighted by atomic mass is 10.0. The van der Waals surface area contributed by atoms with Gasteiger partial charge in [-0.3, -0.25) is 0 Å². The van der Waals surface area contributed by atoms with Crippen LogP contribution in [0.5, 0.6) is 5.75 Å². The second-order valence-electron chi connectivity index (χ2n) is 3.81. The number of halogens is 2. The van der Waals surface area contributed by atoms with Gasteiger partial charge in [0.05, 0.1) is 7.11 Å². The Morgan fingerprint density at radius 1 is 1.17 bits per heavy atom. The van der Waals surface area contributed by atoms with Crippen LogP contribution in [0.25, 0.3) is 0 Å². The van der Waals surface area contributed by atoms with Gasteiger partial charge in [-0.05, 0) is 29.8 Å². The van der Waals surface area contributed by atoms with Crippen molar-refractivity contribution in [2.75, 3.05) is 7.11 Å². The molecule has 0 spiro atoms. The topological polar surface area (TPSA) is 29.5 Å². The Kier molecular flexibility index (Phi) is 4.27. The first-order chi connectivity index (χ1) is 8.63. The number of aliphatic hydroxyl groups excluding tert-OH is 1.